The minimum atomic E-state index is -1.79. The van der Waals surface area contributed by atoms with E-state index >= 15 is 0 Å². The molecular weight excluding hydrogens is 716 g/mol. The van der Waals surface area contributed by atoms with E-state index in [1.54, 1.807) is 6.92 Å². The smallest absolute Gasteiger partial charge is 0.303 e. The van der Waals surface area contributed by atoms with Crippen LogP contribution in [0.5, 0.6) is 0 Å². The molecule has 1 unspecified atom stereocenters. The van der Waals surface area contributed by atoms with E-state index < -0.39 is 123 Å². The summed E-state index contributed by atoms with van der Waals surface area (Å²) >= 11 is 5.47. The van der Waals surface area contributed by atoms with Crippen LogP contribution < -0.4 is 0 Å². The maximum absolute atomic E-state index is 12.6. The molecule has 2 fully saturated rings. The first-order chi connectivity index (χ1) is 24.3. The minimum absolute atomic E-state index is 0.422. The molecule has 0 bridgehead atoms. The fraction of sp³-hybridized carbons (Fsp3) is 0.758. The second-order valence-electron chi connectivity index (χ2n) is 12.0. The third-order valence-electron chi connectivity index (χ3n) is 7.46. The van der Waals surface area contributed by atoms with E-state index in [0.717, 1.165) is 54.9 Å². The Morgan fingerprint density at radius 3 is 1.31 bits per heavy atom. The van der Waals surface area contributed by atoms with Crippen molar-refractivity contribution in [1.82, 2.24) is 0 Å². The van der Waals surface area contributed by atoms with Crippen LogP contribution in [0, 0.1) is 0 Å². The van der Waals surface area contributed by atoms with Gasteiger partial charge in [0, 0.05) is 53.3 Å². The third-order valence-corrected chi connectivity index (χ3v) is 7.72. The van der Waals surface area contributed by atoms with Crippen molar-refractivity contribution in [1.29, 1.82) is 0 Å². The van der Waals surface area contributed by atoms with Crippen LogP contribution in [0.25, 0.3) is 0 Å². The summed E-state index contributed by atoms with van der Waals surface area (Å²) in [4.78, 5) is 86.1. The number of hydrogen-bond donors (Lipinski definition) is 0. The van der Waals surface area contributed by atoms with E-state index in [1.807, 2.05) is 6.92 Å². The molecule has 52 heavy (non-hydrogen) atoms. The first-order valence-corrected chi connectivity index (χ1v) is 17.0. The van der Waals surface area contributed by atoms with E-state index in [1.165, 1.54) is 0 Å². The maximum atomic E-state index is 12.6. The van der Waals surface area contributed by atoms with Gasteiger partial charge in [-0.15, -0.1) is 0 Å². The van der Waals surface area contributed by atoms with Gasteiger partial charge in [-0.1, -0.05) is 32.0 Å². The van der Waals surface area contributed by atoms with E-state index in [9.17, 15) is 33.6 Å². The van der Waals surface area contributed by atoms with Crippen molar-refractivity contribution in [3.05, 3.63) is 0 Å². The standard InChI is InChI=1S/C33H48O18S/c1-10-11-12-23(15(2)52)48-32-31(29(46-21(8)39)27(44-19(6)37)24(49-32)13-41-16(3)34)51-33-30(47-22(9)40)28(45-20(7)38)26(43-18(5)36)25(50-33)14-42-17(4)35/h23-33H,10-14H2,1-9H3/t23?,24-,25-,26-,27-,28+,29+,30+,31+,32-,33+/m1/s1. The number of carbonyl (C=O) groups excluding carboxylic acids is 7. The summed E-state index contributed by atoms with van der Waals surface area (Å²) in [6, 6.07) is 0. The molecule has 0 saturated carbocycles. The molecule has 294 valence electrons. The van der Waals surface area contributed by atoms with Crippen molar-refractivity contribution in [2.75, 3.05) is 13.2 Å². The fourth-order valence-corrected chi connectivity index (χ4v) is 5.67. The zero-order valence-electron chi connectivity index (χ0n) is 30.6. The quantitative estimate of drug-likeness (QED) is 0.116. The molecule has 0 N–H and O–H groups in total. The van der Waals surface area contributed by atoms with Gasteiger partial charge in [0.25, 0.3) is 0 Å². The highest BCUT2D eigenvalue weighted by molar-refractivity contribution is 7.80. The van der Waals surface area contributed by atoms with Crippen LogP contribution in [0.15, 0.2) is 0 Å². The van der Waals surface area contributed by atoms with Crippen molar-refractivity contribution >= 4 is 58.9 Å². The molecule has 0 aromatic carbocycles. The molecule has 0 radical (unpaired) electrons. The highest BCUT2D eigenvalue weighted by atomic mass is 32.1. The van der Waals surface area contributed by atoms with Gasteiger partial charge in [-0.25, -0.2) is 0 Å². The van der Waals surface area contributed by atoms with Crippen LogP contribution in [0.3, 0.4) is 0 Å². The van der Waals surface area contributed by atoms with Gasteiger partial charge in [0.15, 0.2) is 49.2 Å². The lowest BCUT2D eigenvalue weighted by Crippen LogP contribution is -2.67. The summed E-state index contributed by atoms with van der Waals surface area (Å²) < 4.78 is 63.1. The van der Waals surface area contributed by atoms with Crippen molar-refractivity contribution in [2.24, 2.45) is 0 Å². The van der Waals surface area contributed by atoms with Crippen LogP contribution in [-0.2, 0) is 85.7 Å². The lowest BCUT2D eigenvalue weighted by atomic mass is 9.96. The molecule has 2 saturated heterocycles. The highest BCUT2D eigenvalue weighted by Gasteiger charge is 2.58. The number of esters is 7. The van der Waals surface area contributed by atoms with Gasteiger partial charge in [-0.3, -0.25) is 33.6 Å². The molecule has 18 nitrogen and oxygen atoms in total. The predicted molar refractivity (Wildman–Crippen MR) is 176 cm³/mol. The Kier molecular flexibility index (Phi) is 18.0. The average molecular weight is 765 g/mol. The number of rotatable bonds is 17. The van der Waals surface area contributed by atoms with E-state index in [2.05, 4.69) is 0 Å². The Balaban J connectivity index is 2.81. The SMILES string of the molecule is CCCCC(O[C@@H]1O[C@H](COC(C)=O)[C@@H](OC(C)=O)[C@H](OC(C)=O)[C@@H]1O[C@@H]1O[C@H](COC(C)=O)[C@@H](OC(C)=O)[C@H](OC(C)=O)[C@@H]1OC(C)=O)C(C)=S. The van der Waals surface area contributed by atoms with Crippen LogP contribution in [0.2, 0.25) is 0 Å². The van der Waals surface area contributed by atoms with Gasteiger partial charge in [-0.2, -0.15) is 0 Å². The topological polar surface area (TPSA) is 221 Å². The van der Waals surface area contributed by atoms with Crippen LogP contribution >= 0.6 is 12.2 Å². The Labute approximate surface area is 306 Å². The molecule has 2 rings (SSSR count). The summed E-state index contributed by atoms with van der Waals surface area (Å²) in [6.07, 6.45) is -14.3. The molecule has 2 heterocycles. The van der Waals surface area contributed by atoms with Gasteiger partial charge in [0.2, 0.25) is 0 Å². The molecule has 0 aliphatic carbocycles. The van der Waals surface area contributed by atoms with Crippen LogP contribution in [0.1, 0.15) is 81.6 Å². The highest BCUT2D eigenvalue weighted by Crippen LogP contribution is 2.36. The largest absolute Gasteiger partial charge is 0.463 e. The van der Waals surface area contributed by atoms with Crippen molar-refractivity contribution in [3.63, 3.8) is 0 Å². The number of carbonyl (C=O) groups is 7. The van der Waals surface area contributed by atoms with Crippen molar-refractivity contribution in [3.8, 4) is 0 Å². The number of ether oxygens (including phenoxy) is 11. The molecule has 19 heteroatoms. The van der Waals surface area contributed by atoms with Gasteiger partial charge in [0.1, 0.15) is 25.4 Å². The van der Waals surface area contributed by atoms with Crippen LogP contribution in [0.4, 0.5) is 0 Å². The number of unbranched alkanes of at least 4 members (excludes halogenated alkanes) is 1. The second kappa shape index (κ2) is 21.1. The number of thiocarbonyl (C=S) groups is 1. The van der Waals surface area contributed by atoms with E-state index in [0.29, 0.717) is 17.7 Å². The average Bonchev–Trinajstić information content (AvgIpc) is 3.01. The number of hydrogen-bond acceptors (Lipinski definition) is 19. The first kappa shape index (κ1) is 44.4. The second-order valence-corrected chi connectivity index (χ2v) is 12.7. The van der Waals surface area contributed by atoms with Crippen molar-refractivity contribution < 1.29 is 85.7 Å². The van der Waals surface area contributed by atoms with Gasteiger partial charge in [-0.05, 0) is 13.3 Å². The minimum Gasteiger partial charge on any atom is -0.463 e. The lowest BCUT2D eigenvalue weighted by Gasteiger charge is -2.49. The monoisotopic (exact) mass is 764 g/mol. The molecule has 0 spiro atoms. The van der Waals surface area contributed by atoms with E-state index in [-0.39, 0.29) is 0 Å². The van der Waals surface area contributed by atoms with Gasteiger partial charge < -0.3 is 52.1 Å². The Hall–Kier alpha value is -3.78. The molecule has 0 aromatic rings. The Morgan fingerprint density at radius 1 is 0.538 bits per heavy atom. The zero-order valence-corrected chi connectivity index (χ0v) is 31.5. The summed E-state index contributed by atoms with van der Waals surface area (Å²) in [6.45, 7) is 10.1. The summed E-state index contributed by atoms with van der Waals surface area (Å²) in [5, 5.41) is 0. The summed E-state index contributed by atoms with van der Waals surface area (Å²) in [5.74, 6) is -5.77. The van der Waals surface area contributed by atoms with Crippen molar-refractivity contribution in [2.45, 2.75) is 149 Å². The van der Waals surface area contributed by atoms with E-state index in [4.69, 9.17) is 64.3 Å². The molecule has 2 aliphatic rings. The predicted octanol–water partition coefficient (Wildman–Crippen LogP) is 1.57. The molecule has 0 amide bonds. The zero-order chi connectivity index (χ0) is 39.3. The summed E-state index contributed by atoms with van der Waals surface area (Å²) in [7, 11) is 0. The molecular formula is C33H48O18S. The van der Waals surface area contributed by atoms with Crippen LogP contribution in [-0.4, -0.2) is 127 Å². The lowest BCUT2D eigenvalue weighted by molar-refractivity contribution is -0.370. The summed E-state index contributed by atoms with van der Waals surface area (Å²) in [5.41, 5.74) is 0. The Bertz CT molecular complexity index is 1300. The normalized spacial score (nSPS) is 29.0. The molecule has 11 atom stereocenters. The van der Waals surface area contributed by atoms with Gasteiger partial charge >= 0.3 is 41.8 Å². The molecule has 2 aliphatic heterocycles. The third kappa shape index (κ3) is 14.0. The first-order valence-electron chi connectivity index (χ1n) is 16.6. The van der Waals surface area contributed by atoms with Gasteiger partial charge in [0.05, 0.1) is 6.10 Å². The fourth-order valence-electron chi connectivity index (χ4n) is 5.50. The molecule has 0 aromatic heterocycles. The Morgan fingerprint density at radius 2 is 0.923 bits per heavy atom. The maximum Gasteiger partial charge on any atom is 0.303 e.